The third kappa shape index (κ3) is 5.73. The number of carbonyl (C=O) groups excluding carboxylic acids is 1. The van der Waals surface area contributed by atoms with Gasteiger partial charge in [-0.1, -0.05) is 0 Å². The van der Waals surface area contributed by atoms with Gasteiger partial charge in [0.05, 0.1) is 12.2 Å². The number of rotatable bonds is 11. The summed E-state index contributed by atoms with van der Waals surface area (Å²) < 4.78 is 21.4. The van der Waals surface area contributed by atoms with E-state index in [1.54, 1.807) is 18.2 Å². The van der Waals surface area contributed by atoms with Crippen LogP contribution in [0.2, 0.25) is 0 Å². The molecule has 5 heteroatoms. The van der Waals surface area contributed by atoms with E-state index in [0.29, 0.717) is 23.7 Å². The molecule has 116 valence electrons. The lowest BCUT2D eigenvalue weighted by Gasteiger charge is -2.11. The Balaban J connectivity index is 1.72. The minimum atomic E-state index is 0.0965. The highest BCUT2D eigenvalue weighted by molar-refractivity contribution is 5.79. The van der Waals surface area contributed by atoms with E-state index in [1.807, 2.05) is 0 Å². The summed E-state index contributed by atoms with van der Waals surface area (Å²) in [6, 6.07) is 5.14. The van der Waals surface area contributed by atoms with Gasteiger partial charge in [-0.05, 0) is 30.9 Å². The average Bonchev–Trinajstić information content (AvgIpc) is 3.33. The average molecular weight is 294 g/mol. The topological polar surface area (TPSA) is 54.0 Å². The third-order valence-electron chi connectivity index (χ3n) is 3.20. The number of hydrogen-bond donors (Lipinski definition) is 0. The van der Waals surface area contributed by atoms with Gasteiger partial charge in [-0.3, -0.25) is 4.79 Å². The number of hydrogen-bond acceptors (Lipinski definition) is 5. The molecule has 1 aromatic carbocycles. The van der Waals surface area contributed by atoms with Gasteiger partial charge >= 0.3 is 0 Å². The van der Waals surface area contributed by atoms with Crippen molar-refractivity contribution in [3.63, 3.8) is 0 Å². The minimum Gasteiger partial charge on any atom is -0.493 e. The SMILES string of the molecule is COCOc1cc(OCCCOCC2CC2)ccc1C=O. The first kappa shape index (κ1) is 15.8. The Labute approximate surface area is 125 Å². The van der Waals surface area contributed by atoms with Crippen LogP contribution < -0.4 is 9.47 Å². The van der Waals surface area contributed by atoms with Crippen molar-refractivity contribution in [2.45, 2.75) is 19.3 Å². The quantitative estimate of drug-likeness (QED) is 0.357. The standard InChI is InChI=1S/C16H22O5/c1-18-12-21-16-9-15(6-5-14(16)10-17)20-8-2-7-19-11-13-3-4-13/h5-6,9-10,13H,2-4,7-8,11-12H2,1H3. The van der Waals surface area contributed by atoms with Crippen LogP contribution in [0.15, 0.2) is 18.2 Å². The predicted octanol–water partition coefficient (Wildman–Crippen LogP) is 2.68. The molecule has 1 fully saturated rings. The van der Waals surface area contributed by atoms with Crippen LogP contribution in [0.3, 0.4) is 0 Å². The van der Waals surface area contributed by atoms with E-state index in [9.17, 15) is 4.79 Å². The molecule has 0 radical (unpaired) electrons. The van der Waals surface area contributed by atoms with Crippen molar-refractivity contribution < 1.29 is 23.7 Å². The molecular weight excluding hydrogens is 272 g/mol. The van der Waals surface area contributed by atoms with Crippen molar-refractivity contribution in [3.8, 4) is 11.5 Å². The molecule has 1 aliphatic carbocycles. The summed E-state index contributed by atoms with van der Waals surface area (Å²) >= 11 is 0. The second kappa shape index (κ2) is 8.64. The van der Waals surface area contributed by atoms with Gasteiger partial charge in [0.15, 0.2) is 13.1 Å². The minimum absolute atomic E-state index is 0.0965. The van der Waals surface area contributed by atoms with Gasteiger partial charge in [-0.25, -0.2) is 0 Å². The zero-order valence-electron chi connectivity index (χ0n) is 12.4. The molecule has 0 atom stereocenters. The van der Waals surface area contributed by atoms with Crippen molar-refractivity contribution in [3.05, 3.63) is 23.8 Å². The molecule has 0 amide bonds. The Morgan fingerprint density at radius 3 is 2.81 bits per heavy atom. The van der Waals surface area contributed by atoms with Crippen LogP contribution in [-0.4, -0.2) is 40.0 Å². The Morgan fingerprint density at radius 2 is 2.10 bits per heavy atom. The summed E-state index contributed by atoms with van der Waals surface area (Å²) in [6.07, 6.45) is 4.21. The molecule has 0 aromatic heterocycles. The normalized spacial score (nSPS) is 14.0. The predicted molar refractivity (Wildman–Crippen MR) is 78.0 cm³/mol. The Bertz CT molecular complexity index is 442. The summed E-state index contributed by atoms with van der Waals surface area (Å²) in [5, 5.41) is 0. The molecule has 2 rings (SSSR count). The van der Waals surface area contributed by atoms with Crippen LogP contribution >= 0.6 is 0 Å². The molecule has 21 heavy (non-hydrogen) atoms. The maximum absolute atomic E-state index is 10.9. The van der Waals surface area contributed by atoms with Crippen molar-refractivity contribution in [1.29, 1.82) is 0 Å². The van der Waals surface area contributed by atoms with Crippen LogP contribution in [0.5, 0.6) is 11.5 Å². The summed E-state index contributed by atoms with van der Waals surface area (Å²) in [4.78, 5) is 10.9. The smallest absolute Gasteiger partial charge is 0.188 e. The lowest BCUT2D eigenvalue weighted by Crippen LogP contribution is -2.05. The third-order valence-corrected chi connectivity index (χ3v) is 3.20. The van der Waals surface area contributed by atoms with Crippen LogP contribution in [-0.2, 0) is 9.47 Å². The molecule has 0 unspecified atom stereocenters. The summed E-state index contributed by atoms with van der Waals surface area (Å²) in [5.41, 5.74) is 0.479. The summed E-state index contributed by atoms with van der Waals surface area (Å²) in [5.74, 6) is 1.94. The van der Waals surface area contributed by atoms with Gasteiger partial charge in [-0.2, -0.15) is 0 Å². The first-order valence-electron chi connectivity index (χ1n) is 7.25. The highest BCUT2D eigenvalue weighted by Crippen LogP contribution is 2.28. The van der Waals surface area contributed by atoms with Crippen molar-refractivity contribution in [2.24, 2.45) is 5.92 Å². The van der Waals surface area contributed by atoms with Crippen LogP contribution in [0.4, 0.5) is 0 Å². The van der Waals surface area contributed by atoms with E-state index >= 15 is 0 Å². The number of methoxy groups -OCH3 is 1. The maximum Gasteiger partial charge on any atom is 0.188 e. The van der Waals surface area contributed by atoms with E-state index in [2.05, 4.69) is 0 Å². The fourth-order valence-corrected chi connectivity index (χ4v) is 1.83. The van der Waals surface area contributed by atoms with Gasteiger partial charge < -0.3 is 18.9 Å². The number of benzene rings is 1. The molecule has 1 aliphatic rings. The number of ether oxygens (including phenoxy) is 4. The van der Waals surface area contributed by atoms with E-state index in [-0.39, 0.29) is 6.79 Å². The van der Waals surface area contributed by atoms with E-state index in [1.165, 1.54) is 20.0 Å². The van der Waals surface area contributed by atoms with Gasteiger partial charge in [-0.15, -0.1) is 0 Å². The fourth-order valence-electron chi connectivity index (χ4n) is 1.83. The van der Waals surface area contributed by atoms with Gasteiger partial charge in [0.2, 0.25) is 0 Å². The second-order valence-electron chi connectivity index (χ2n) is 5.09. The Kier molecular flexibility index (Phi) is 6.50. The maximum atomic E-state index is 10.9. The highest BCUT2D eigenvalue weighted by Gasteiger charge is 2.20. The number of carbonyl (C=O) groups is 1. The first-order valence-corrected chi connectivity index (χ1v) is 7.25. The van der Waals surface area contributed by atoms with Crippen LogP contribution in [0, 0.1) is 5.92 Å². The number of aldehydes is 1. The van der Waals surface area contributed by atoms with E-state index in [4.69, 9.17) is 18.9 Å². The first-order chi connectivity index (χ1) is 10.3. The largest absolute Gasteiger partial charge is 0.493 e. The zero-order chi connectivity index (χ0) is 14.9. The molecule has 1 saturated carbocycles. The monoisotopic (exact) mass is 294 g/mol. The van der Waals surface area contributed by atoms with Crippen molar-refractivity contribution >= 4 is 6.29 Å². The van der Waals surface area contributed by atoms with E-state index < -0.39 is 0 Å². The molecular formula is C16H22O5. The summed E-state index contributed by atoms with van der Waals surface area (Å²) in [6.45, 7) is 2.27. The molecule has 0 spiro atoms. The van der Waals surface area contributed by atoms with Gasteiger partial charge in [0, 0.05) is 32.8 Å². The Hall–Kier alpha value is -1.59. The van der Waals surface area contributed by atoms with Crippen molar-refractivity contribution in [2.75, 3.05) is 33.7 Å². The molecule has 1 aromatic rings. The fraction of sp³-hybridized carbons (Fsp3) is 0.562. The lowest BCUT2D eigenvalue weighted by molar-refractivity contribution is 0.0503. The van der Waals surface area contributed by atoms with E-state index in [0.717, 1.165) is 31.8 Å². The van der Waals surface area contributed by atoms with Gasteiger partial charge in [0.25, 0.3) is 0 Å². The Morgan fingerprint density at radius 1 is 1.24 bits per heavy atom. The second-order valence-corrected chi connectivity index (χ2v) is 5.09. The van der Waals surface area contributed by atoms with Crippen molar-refractivity contribution in [1.82, 2.24) is 0 Å². The zero-order valence-corrected chi connectivity index (χ0v) is 12.4. The molecule has 5 nitrogen and oxygen atoms in total. The molecule has 0 heterocycles. The van der Waals surface area contributed by atoms with Gasteiger partial charge in [0.1, 0.15) is 11.5 Å². The molecule has 0 bridgehead atoms. The molecule has 0 aliphatic heterocycles. The van der Waals surface area contributed by atoms with Crippen LogP contribution in [0.25, 0.3) is 0 Å². The molecule has 0 saturated heterocycles. The molecule has 0 N–H and O–H groups in total. The summed E-state index contributed by atoms with van der Waals surface area (Å²) in [7, 11) is 1.53. The lowest BCUT2D eigenvalue weighted by atomic mass is 10.2. The van der Waals surface area contributed by atoms with Crippen LogP contribution in [0.1, 0.15) is 29.6 Å². The highest BCUT2D eigenvalue weighted by atomic mass is 16.7.